The van der Waals surface area contributed by atoms with Gasteiger partial charge in [-0.25, -0.2) is 0 Å². The van der Waals surface area contributed by atoms with E-state index in [1.54, 1.807) is 18.3 Å². The van der Waals surface area contributed by atoms with E-state index in [1.165, 1.54) is 7.11 Å². The number of aromatic hydroxyl groups is 1. The highest BCUT2D eigenvalue weighted by molar-refractivity contribution is 9.10. The molecular weight excluding hydrogens is 318 g/mol. The smallest absolute Gasteiger partial charge is 0.186 e. The number of nitrogens with zero attached hydrogens (tertiary/aromatic N) is 1. The lowest BCUT2D eigenvalue weighted by atomic mass is 10.2. The Morgan fingerprint density at radius 1 is 1.61 bits per heavy atom. The standard InChI is InChI=1S/C11H14BrN3O2S/c1-3-13-11(18)15-14-6-7-4-8(12)10(16)9(5-7)17-2/h4-6,16H,3H2,1-2H3,(H2,13,15,18). The van der Waals surface area contributed by atoms with Gasteiger partial charge in [-0.15, -0.1) is 0 Å². The Morgan fingerprint density at radius 3 is 2.94 bits per heavy atom. The Labute approximate surface area is 119 Å². The van der Waals surface area contributed by atoms with Crippen molar-refractivity contribution >= 4 is 39.5 Å². The Balaban J connectivity index is 2.76. The summed E-state index contributed by atoms with van der Waals surface area (Å²) in [7, 11) is 1.49. The van der Waals surface area contributed by atoms with Crippen LogP contribution in [0, 0.1) is 0 Å². The van der Waals surface area contributed by atoms with E-state index in [9.17, 15) is 5.11 Å². The van der Waals surface area contributed by atoms with Gasteiger partial charge < -0.3 is 15.2 Å². The lowest BCUT2D eigenvalue weighted by molar-refractivity contribution is 0.372. The maximum absolute atomic E-state index is 9.64. The maximum Gasteiger partial charge on any atom is 0.186 e. The monoisotopic (exact) mass is 331 g/mol. The van der Waals surface area contributed by atoms with Crippen molar-refractivity contribution in [1.82, 2.24) is 10.7 Å². The summed E-state index contributed by atoms with van der Waals surface area (Å²) < 4.78 is 5.57. The molecule has 0 aliphatic heterocycles. The summed E-state index contributed by atoms with van der Waals surface area (Å²) >= 11 is 8.19. The zero-order valence-electron chi connectivity index (χ0n) is 10.0. The molecule has 0 unspecified atom stereocenters. The van der Waals surface area contributed by atoms with E-state index in [2.05, 4.69) is 31.8 Å². The first-order valence-corrected chi connectivity index (χ1v) is 6.42. The topological polar surface area (TPSA) is 65.9 Å². The number of rotatable bonds is 4. The first-order chi connectivity index (χ1) is 8.58. The first kappa shape index (κ1) is 14.7. The number of nitrogens with one attached hydrogen (secondary N) is 2. The highest BCUT2D eigenvalue weighted by atomic mass is 79.9. The van der Waals surface area contributed by atoms with Gasteiger partial charge in [0.05, 0.1) is 17.8 Å². The molecule has 7 heteroatoms. The van der Waals surface area contributed by atoms with Gasteiger partial charge in [0.1, 0.15) is 0 Å². The summed E-state index contributed by atoms with van der Waals surface area (Å²) in [5, 5.41) is 17.0. The highest BCUT2D eigenvalue weighted by Crippen LogP contribution is 2.34. The lowest BCUT2D eigenvalue weighted by Gasteiger charge is -2.06. The molecule has 0 aromatic heterocycles. The van der Waals surface area contributed by atoms with E-state index in [0.29, 0.717) is 15.3 Å². The van der Waals surface area contributed by atoms with Crippen LogP contribution in [-0.2, 0) is 0 Å². The molecular formula is C11H14BrN3O2S. The molecule has 0 heterocycles. The second-order valence-corrected chi connectivity index (χ2v) is 4.55. The third kappa shape index (κ3) is 4.15. The number of halogens is 1. The van der Waals surface area contributed by atoms with Crippen LogP contribution in [0.4, 0.5) is 0 Å². The number of hydrogen-bond donors (Lipinski definition) is 3. The summed E-state index contributed by atoms with van der Waals surface area (Å²) in [6.07, 6.45) is 1.58. The van der Waals surface area contributed by atoms with Crippen molar-refractivity contribution in [3.63, 3.8) is 0 Å². The molecule has 0 amide bonds. The molecule has 0 aliphatic rings. The van der Waals surface area contributed by atoms with Crippen LogP contribution in [0.1, 0.15) is 12.5 Å². The summed E-state index contributed by atoms with van der Waals surface area (Å²) in [5.41, 5.74) is 3.44. The largest absolute Gasteiger partial charge is 0.503 e. The second kappa shape index (κ2) is 7.17. The molecule has 0 atom stereocenters. The van der Waals surface area contributed by atoms with Crippen molar-refractivity contribution in [3.8, 4) is 11.5 Å². The molecule has 0 aliphatic carbocycles. The van der Waals surface area contributed by atoms with Crippen LogP contribution in [0.15, 0.2) is 21.7 Å². The first-order valence-electron chi connectivity index (χ1n) is 5.21. The summed E-state index contributed by atoms with van der Waals surface area (Å²) in [6, 6.07) is 3.39. The van der Waals surface area contributed by atoms with Gasteiger partial charge in [-0.05, 0) is 52.8 Å². The van der Waals surface area contributed by atoms with Crippen molar-refractivity contribution in [1.29, 1.82) is 0 Å². The molecule has 1 aromatic carbocycles. The molecule has 0 radical (unpaired) electrons. The Morgan fingerprint density at radius 2 is 2.33 bits per heavy atom. The number of ether oxygens (including phenoxy) is 1. The molecule has 0 saturated carbocycles. The number of hydrogen-bond acceptors (Lipinski definition) is 4. The molecule has 18 heavy (non-hydrogen) atoms. The van der Waals surface area contributed by atoms with E-state index < -0.39 is 0 Å². The van der Waals surface area contributed by atoms with Gasteiger partial charge in [-0.1, -0.05) is 0 Å². The summed E-state index contributed by atoms with van der Waals surface area (Å²) in [4.78, 5) is 0. The fourth-order valence-electron chi connectivity index (χ4n) is 1.19. The van der Waals surface area contributed by atoms with Crippen LogP contribution in [0.5, 0.6) is 11.5 Å². The highest BCUT2D eigenvalue weighted by Gasteiger charge is 2.07. The van der Waals surface area contributed by atoms with E-state index in [1.807, 2.05) is 6.92 Å². The fourth-order valence-corrected chi connectivity index (χ4v) is 1.85. The number of hydrazone groups is 1. The molecule has 0 saturated heterocycles. The van der Waals surface area contributed by atoms with Gasteiger partial charge in [-0.3, -0.25) is 5.43 Å². The van der Waals surface area contributed by atoms with E-state index >= 15 is 0 Å². The molecule has 0 spiro atoms. The molecule has 1 aromatic rings. The number of benzene rings is 1. The number of methoxy groups -OCH3 is 1. The van der Waals surface area contributed by atoms with E-state index in [4.69, 9.17) is 17.0 Å². The average molecular weight is 332 g/mol. The number of thiocarbonyl (C=S) groups is 1. The fraction of sp³-hybridized carbons (Fsp3) is 0.273. The molecule has 0 bridgehead atoms. The van der Waals surface area contributed by atoms with Gasteiger partial charge in [0.25, 0.3) is 0 Å². The van der Waals surface area contributed by atoms with E-state index in [-0.39, 0.29) is 5.75 Å². The minimum atomic E-state index is 0.0609. The zero-order chi connectivity index (χ0) is 13.5. The van der Waals surface area contributed by atoms with Crippen LogP contribution in [0.2, 0.25) is 0 Å². The third-order valence-corrected chi connectivity index (χ3v) is 2.83. The van der Waals surface area contributed by atoms with Gasteiger partial charge in [0, 0.05) is 6.54 Å². The number of phenolic OH excluding ortho intramolecular Hbond substituents is 1. The summed E-state index contributed by atoms with van der Waals surface area (Å²) in [6.45, 7) is 2.68. The van der Waals surface area contributed by atoms with Crippen LogP contribution in [-0.4, -0.2) is 30.1 Å². The predicted molar refractivity (Wildman–Crippen MR) is 79.4 cm³/mol. The van der Waals surface area contributed by atoms with Crippen molar-refractivity contribution in [3.05, 3.63) is 22.2 Å². The SMILES string of the molecule is CCNC(=S)NN=Cc1cc(Br)c(O)c(OC)c1. The predicted octanol–water partition coefficient (Wildman–Crippen LogP) is 1.98. The minimum absolute atomic E-state index is 0.0609. The van der Waals surface area contributed by atoms with Gasteiger partial charge in [0.15, 0.2) is 16.6 Å². The average Bonchev–Trinajstić information content (AvgIpc) is 2.33. The Bertz CT molecular complexity index is 466. The van der Waals surface area contributed by atoms with Crippen molar-refractivity contribution in [2.45, 2.75) is 6.92 Å². The van der Waals surface area contributed by atoms with Crippen LogP contribution in [0.25, 0.3) is 0 Å². The molecule has 5 nitrogen and oxygen atoms in total. The third-order valence-electron chi connectivity index (χ3n) is 1.99. The van der Waals surface area contributed by atoms with Crippen LogP contribution < -0.4 is 15.5 Å². The lowest BCUT2D eigenvalue weighted by Crippen LogP contribution is -2.31. The van der Waals surface area contributed by atoms with Crippen molar-refractivity contribution < 1.29 is 9.84 Å². The second-order valence-electron chi connectivity index (χ2n) is 3.28. The zero-order valence-corrected chi connectivity index (χ0v) is 12.4. The van der Waals surface area contributed by atoms with Gasteiger partial charge in [0.2, 0.25) is 0 Å². The van der Waals surface area contributed by atoms with Crippen LogP contribution in [0.3, 0.4) is 0 Å². The normalized spacial score (nSPS) is 10.4. The number of phenols is 1. The maximum atomic E-state index is 9.64. The minimum Gasteiger partial charge on any atom is -0.503 e. The Hall–Kier alpha value is -1.34. The van der Waals surface area contributed by atoms with Crippen LogP contribution >= 0.6 is 28.1 Å². The van der Waals surface area contributed by atoms with Gasteiger partial charge in [-0.2, -0.15) is 5.10 Å². The van der Waals surface area contributed by atoms with Gasteiger partial charge >= 0.3 is 0 Å². The quantitative estimate of drug-likeness (QED) is 0.447. The Kier molecular flexibility index (Phi) is 5.87. The van der Waals surface area contributed by atoms with E-state index in [0.717, 1.165) is 12.1 Å². The molecule has 1 rings (SSSR count). The molecule has 3 N–H and O–H groups in total. The summed E-state index contributed by atoms with van der Waals surface area (Å²) in [5.74, 6) is 0.436. The molecule has 98 valence electrons. The van der Waals surface area contributed by atoms with Crippen molar-refractivity contribution in [2.24, 2.45) is 5.10 Å². The van der Waals surface area contributed by atoms with Crippen molar-refractivity contribution in [2.75, 3.05) is 13.7 Å². The molecule has 0 fully saturated rings.